The van der Waals surface area contributed by atoms with Crippen molar-refractivity contribution in [3.63, 3.8) is 0 Å². The lowest BCUT2D eigenvalue weighted by molar-refractivity contribution is 0.838. The van der Waals surface area contributed by atoms with Gasteiger partial charge in [-0.3, -0.25) is 5.10 Å². The quantitative estimate of drug-likeness (QED) is 0.618. The standard InChI is InChI=1S/C8H9N5/c1-2-5-6-7(9-3-1)10-4-11-8(6)13-12-5/h4H,1-3H2,(H2,9,10,11,12,13). The molecule has 5 heteroatoms. The molecule has 0 fully saturated rings. The minimum atomic E-state index is 0.828. The zero-order valence-corrected chi connectivity index (χ0v) is 7.04. The van der Waals surface area contributed by atoms with Crippen LogP contribution in [0, 0.1) is 0 Å². The number of aryl methyl sites for hydroxylation is 1. The molecule has 3 rings (SSSR count). The van der Waals surface area contributed by atoms with Gasteiger partial charge >= 0.3 is 0 Å². The van der Waals surface area contributed by atoms with Crippen LogP contribution >= 0.6 is 0 Å². The second-order valence-electron chi connectivity index (χ2n) is 3.15. The van der Waals surface area contributed by atoms with Gasteiger partial charge in [0.15, 0.2) is 5.65 Å². The number of H-pyrrole nitrogens is 1. The number of hydrogen-bond acceptors (Lipinski definition) is 4. The van der Waals surface area contributed by atoms with E-state index in [9.17, 15) is 0 Å². The monoisotopic (exact) mass is 175 g/mol. The number of nitrogens with one attached hydrogen (secondary N) is 2. The van der Waals surface area contributed by atoms with E-state index < -0.39 is 0 Å². The number of anilines is 1. The largest absolute Gasteiger partial charge is 0.369 e. The Morgan fingerprint density at radius 1 is 1.31 bits per heavy atom. The van der Waals surface area contributed by atoms with Gasteiger partial charge in [0.25, 0.3) is 0 Å². The van der Waals surface area contributed by atoms with Gasteiger partial charge in [0.1, 0.15) is 12.1 Å². The highest BCUT2D eigenvalue weighted by atomic mass is 15.2. The SMILES string of the molecule is c1nc2c3c(n[nH]c3n1)CCCN2. The molecule has 2 aromatic heterocycles. The molecule has 0 spiro atoms. The van der Waals surface area contributed by atoms with Gasteiger partial charge in [0.2, 0.25) is 0 Å². The Bertz CT molecular complexity index is 447. The Hall–Kier alpha value is -1.65. The maximum atomic E-state index is 4.22. The molecule has 13 heavy (non-hydrogen) atoms. The molecule has 0 saturated carbocycles. The van der Waals surface area contributed by atoms with Gasteiger partial charge in [-0.15, -0.1) is 0 Å². The Labute approximate surface area is 74.6 Å². The van der Waals surface area contributed by atoms with Crippen LogP contribution in [0.4, 0.5) is 5.82 Å². The summed E-state index contributed by atoms with van der Waals surface area (Å²) in [5, 5.41) is 11.4. The van der Waals surface area contributed by atoms with Crippen LogP contribution in [0.3, 0.4) is 0 Å². The summed E-state index contributed by atoms with van der Waals surface area (Å²) in [5.41, 5.74) is 1.91. The van der Waals surface area contributed by atoms with E-state index in [2.05, 4.69) is 25.5 Å². The molecular formula is C8H9N5. The zero-order valence-electron chi connectivity index (χ0n) is 7.04. The van der Waals surface area contributed by atoms with Crippen molar-refractivity contribution in [1.82, 2.24) is 20.2 Å². The summed E-state index contributed by atoms with van der Waals surface area (Å²) in [6.45, 7) is 0.961. The predicted molar refractivity (Wildman–Crippen MR) is 48.5 cm³/mol. The third-order valence-corrected chi connectivity index (χ3v) is 2.32. The van der Waals surface area contributed by atoms with Crippen LogP contribution in [0.25, 0.3) is 11.0 Å². The van der Waals surface area contributed by atoms with Gasteiger partial charge in [-0.2, -0.15) is 5.10 Å². The summed E-state index contributed by atoms with van der Waals surface area (Å²) < 4.78 is 0. The molecule has 3 heterocycles. The predicted octanol–water partition coefficient (Wildman–Crippen LogP) is 0.711. The van der Waals surface area contributed by atoms with Gasteiger partial charge in [0.05, 0.1) is 11.1 Å². The molecule has 0 unspecified atom stereocenters. The van der Waals surface area contributed by atoms with E-state index in [0.29, 0.717) is 0 Å². The van der Waals surface area contributed by atoms with Gasteiger partial charge in [-0.1, -0.05) is 0 Å². The van der Waals surface area contributed by atoms with Crippen molar-refractivity contribution in [2.24, 2.45) is 0 Å². The molecule has 1 aliphatic heterocycles. The van der Waals surface area contributed by atoms with E-state index in [1.165, 1.54) is 0 Å². The molecule has 0 bridgehead atoms. The number of aromatic nitrogens is 4. The lowest BCUT2D eigenvalue weighted by Gasteiger charge is -2.00. The lowest BCUT2D eigenvalue weighted by Crippen LogP contribution is -2.01. The Morgan fingerprint density at radius 3 is 3.31 bits per heavy atom. The van der Waals surface area contributed by atoms with Crippen molar-refractivity contribution in [2.45, 2.75) is 12.8 Å². The number of hydrogen-bond donors (Lipinski definition) is 2. The third-order valence-electron chi connectivity index (χ3n) is 2.32. The highest BCUT2D eigenvalue weighted by Gasteiger charge is 2.14. The van der Waals surface area contributed by atoms with Crippen LogP contribution in [0.1, 0.15) is 12.1 Å². The third kappa shape index (κ3) is 0.898. The van der Waals surface area contributed by atoms with E-state index in [4.69, 9.17) is 0 Å². The average molecular weight is 175 g/mol. The summed E-state index contributed by atoms with van der Waals surface area (Å²) in [4.78, 5) is 8.30. The topological polar surface area (TPSA) is 66.5 Å². The molecule has 0 radical (unpaired) electrons. The summed E-state index contributed by atoms with van der Waals surface area (Å²) in [5.74, 6) is 0.909. The first kappa shape index (κ1) is 6.82. The molecule has 0 amide bonds. The summed E-state index contributed by atoms with van der Waals surface area (Å²) in [6.07, 6.45) is 3.64. The molecule has 2 N–H and O–H groups in total. The molecule has 0 aliphatic carbocycles. The number of nitrogens with zero attached hydrogens (tertiary/aromatic N) is 3. The van der Waals surface area contributed by atoms with Crippen LogP contribution in [0.2, 0.25) is 0 Å². The Morgan fingerprint density at radius 2 is 2.31 bits per heavy atom. The molecule has 66 valence electrons. The number of aromatic amines is 1. The maximum Gasteiger partial charge on any atom is 0.160 e. The fraction of sp³-hybridized carbons (Fsp3) is 0.375. The van der Waals surface area contributed by atoms with Crippen LogP contribution in [0.15, 0.2) is 6.33 Å². The molecule has 0 atom stereocenters. The fourth-order valence-electron chi connectivity index (χ4n) is 1.70. The summed E-state index contributed by atoms with van der Waals surface area (Å²) in [7, 11) is 0. The van der Waals surface area contributed by atoms with Crippen molar-refractivity contribution >= 4 is 16.9 Å². The van der Waals surface area contributed by atoms with Crippen LogP contribution in [0.5, 0.6) is 0 Å². The second-order valence-corrected chi connectivity index (χ2v) is 3.15. The highest BCUT2D eigenvalue weighted by Crippen LogP contribution is 2.24. The first-order valence-electron chi connectivity index (χ1n) is 4.37. The first-order chi connectivity index (χ1) is 6.45. The van der Waals surface area contributed by atoms with Crippen LogP contribution in [-0.4, -0.2) is 26.7 Å². The van der Waals surface area contributed by atoms with Crippen molar-refractivity contribution in [2.75, 3.05) is 11.9 Å². The minimum Gasteiger partial charge on any atom is -0.369 e. The van der Waals surface area contributed by atoms with Crippen LogP contribution in [-0.2, 0) is 6.42 Å². The van der Waals surface area contributed by atoms with Crippen molar-refractivity contribution < 1.29 is 0 Å². The summed E-state index contributed by atoms with van der Waals surface area (Å²) in [6, 6.07) is 0. The summed E-state index contributed by atoms with van der Waals surface area (Å²) >= 11 is 0. The molecule has 1 aliphatic rings. The van der Waals surface area contributed by atoms with Crippen molar-refractivity contribution in [3.8, 4) is 0 Å². The molecule has 5 nitrogen and oxygen atoms in total. The van der Waals surface area contributed by atoms with Gasteiger partial charge < -0.3 is 5.32 Å². The van der Waals surface area contributed by atoms with E-state index in [1.807, 2.05) is 0 Å². The first-order valence-corrected chi connectivity index (χ1v) is 4.37. The minimum absolute atomic E-state index is 0.828. The van der Waals surface area contributed by atoms with E-state index >= 15 is 0 Å². The van der Waals surface area contributed by atoms with E-state index in [1.54, 1.807) is 6.33 Å². The lowest BCUT2D eigenvalue weighted by atomic mass is 10.2. The average Bonchev–Trinajstić information content (AvgIpc) is 2.44. The molecule has 0 aromatic carbocycles. The van der Waals surface area contributed by atoms with Crippen molar-refractivity contribution in [1.29, 1.82) is 0 Å². The van der Waals surface area contributed by atoms with Gasteiger partial charge in [-0.25, -0.2) is 9.97 Å². The number of rotatable bonds is 0. The molecular weight excluding hydrogens is 166 g/mol. The smallest absolute Gasteiger partial charge is 0.160 e. The van der Waals surface area contributed by atoms with Gasteiger partial charge in [-0.05, 0) is 12.8 Å². The Balaban J connectivity index is 2.40. The maximum absolute atomic E-state index is 4.22. The second kappa shape index (κ2) is 2.42. The van der Waals surface area contributed by atoms with Gasteiger partial charge in [0, 0.05) is 6.54 Å². The van der Waals surface area contributed by atoms with Crippen LogP contribution < -0.4 is 5.32 Å². The Kier molecular flexibility index (Phi) is 1.27. The normalized spacial score (nSPS) is 15.4. The van der Waals surface area contributed by atoms with E-state index in [-0.39, 0.29) is 0 Å². The zero-order chi connectivity index (χ0) is 8.67. The van der Waals surface area contributed by atoms with Crippen molar-refractivity contribution in [3.05, 3.63) is 12.0 Å². The van der Waals surface area contributed by atoms with E-state index in [0.717, 1.165) is 41.9 Å². The molecule has 2 aromatic rings. The fourth-order valence-corrected chi connectivity index (χ4v) is 1.70. The highest BCUT2D eigenvalue weighted by molar-refractivity contribution is 5.89. The molecule has 0 saturated heterocycles.